The smallest absolute Gasteiger partial charge is 0.146 e. The third-order valence-corrected chi connectivity index (χ3v) is 3.09. The van der Waals surface area contributed by atoms with Crippen molar-refractivity contribution in [2.75, 3.05) is 18.0 Å². The van der Waals surface area contributed by atoms with Crippen molar-refractivity contribution in [2.45, 2.75) is 47.2 Å². The first-order chi connectivity index (χ1) is 8.95. The number of hydrogen-bond donors (Lipinski definition) is 1. The zero-order chi connectivity index (χ0) is 14.4. The Hall–Kier alpha value is -1.09. The summed E-state index contributed by atoms with van der Waals surface area (Å²) >= 11 is 0. The predicted molar refractivity (Wildman–Crippen MR) is 81.1 cm³/mol. The van der Waals surface area contributed by atoms with E-state index in [9.17, 15) is 4.39 Å². The van der Waals surface area contributed by atoms with Crippen LogP contribution in [-0.2, 0) is 6.54 Å². The summed E-state index contributed by atoms with van der Waals surface area (Å²) in [7, 11) is 0. The molecule has 0 fully saturated rings. The number of hydrogen-bond acceptors (Lipinski definition) is 2. The Kier molecular flexibility index (Phi) is 6.29. The number of rotatable bonds is 7. The molecule has 0 aliphatic rings. The Morgan fingerprint density at radius 3 is 2.37 bits per heavy atom. The van der Waals surface area contributed by atoms with Crippen molar-refractivity contribution in [3.05, 3.63) is 29.6 Å². The first-order valence-electron chi connectivity index (χ1n) is 7.21. The fourth-order valence-corrected chi connectivity index (χ4v) is 2.14. The molecule has 0 bridgehead atoms. The fourth-order valence-electron chi connectivity index (χ4n) is 2.14. The van der Waals surface area contributed by atoms with E-state index in [0.29, 0.717) is 17.6 Å². The Labute approximate surface area is 117 Å². The highest BCUT2D eigenvalue weighted by molar-refractivity contribution is 5.50. The van der Waals surface area contributed by atoms with E-state index in [1.165, 1.54) is 0 Å². The van der Waals surface area contributed by atoms with Crippen molar-refractivity contribution in [3.63, 3.8) is 0 Å². The molecule has 108 valence electrons. The monoisotopic (exact) mass is 266 g/mol. The third-order valence-electron chi connectivity index (χ3n) is 3.09. The molecule has 0 aliphatic carbocycles. The van der Waals surface area contributed by atoms with Gasteiger partial charge in [0.15, 0.2) is 0 Å². The van der Waals surface area contributed by atoms with Gasteiger partial charge in [0.25, 0.3) is 0 Å². The Bertz CT molecular complexity index is 388. The molecule has 0 radical (unpaired) electrons. The molecule has 0 aliphatic heterocycles. The van der Waals surface area contributed by atoms with E-state index >= 15 is 0 Å². The van der Waals surface area contributed by atoms with E-state index < -0.39 is 0 Å². The summed E-state index contributed by atoms with van der Waals surface area (Å²) < 4.78 is 14.3. The number of nitrogens with one attached hydrogen (secondary N) is 1. The van der Waals surface area contributed by atoms with Crippen LogP contribution in [0.2, 0.25) is 0 Å². The summed E-state index contributed by atoms with van der Waals surface area (Å²) in [6, 6.07) is 5.87. The maximum Gasteiger partial charge on any atom is 0.146 e. The van der Waals surface area contributed by atoms with Crippen molar-refractivity contribution < 1.29 is 4.39 Å². The molecule has 0 heterocycles. The van der Waals surface area contributed by atoms with Crippen LogP contribution < -0.4 is 10.2 Å². The normalized spacial score (nSPS) is 11.4. The van der Waals surface area contributed by atoms with Gasteiger partial charge in [-0.25, -0.2) is 4.39 Å². The van der Waals surface area contributed by atoms with Crippen LogP contribution >= 0.6 is 0 Å². The standard InChI is InChI=1S/C16H27FN2/c1-6-18-10-14-7-8-16(15(17)9-14)19(13(4)5)11-12(2)3/h7-9,12-13,18H,6,10-11H2,1-5H3. The Balaban J connectivity index is 2.91. The fraction of sp³-hybridized carbons (Fsp3) is 0.625. The van der Waals surface area contributed by atoms with Crippen LogP contribution in [0, 0.1) is 11.7 Å². The van der Waals surface area contributed by atoms with Gasteiger partial charge in [-0.1, -0.05) is 26.8 Å². The first kappa shape index (κ1) is 16.0. The third kappa shape index (κ3) is 4.83. The van der Waals surface area contributed by atoms with E-state index in [-0.39, 0.29) is 5.82 Å². The predicted octanol–water partition coefficient (Wildman–Crippen LogP) is 3.81. The summed E-state index contributed by atoms with van der Waals surface area (Å²) in [5.41, 5.74) is 1.71. The second kappa shape index (κ2) is 7.49. The molecule has 19 heavy (non-hydrogen) atoms. The summed E-state index contributed by atoms with van der Waals surface area (Å²) in [5.74, 6) is 0.396. The van der Waals surface area contributed by atoms with Crippen LogP contribution in [0.25, 0.3) is 0 Å². The molecular formula is C16H27FN2. The molecule has 0 spiro atoms. The van der Waals surface area contributed by atoms with Crippen LogP contribution in [0.3, 0.4) is 0 Å². The van der Waals surface area contributed by atoms with E-state index in [1.54, 1.807) is 6.07 Å². The summed E-state index contributed by atoms with van der Waals surface area (Å²) in [4.78, 5) is 2.14. The number of nitrogens with zero attached hydrogens (tertiary/aromatic N) is 1. The zero-order valence-corrected chi connectivity index (χ0v) is 12.8. The van der Waals surface area contributed by atoms with Crippen LogP contribution in [-0.4, -0.2) is 19.1 Å². The zero-order valence-electron chi connectivity index (χ0n) is 12.8. The van der Waals surface area contributed by atoms with Gasteiger partial charge in [0.1, 0.15) is 5.82 Å². The number of anilines is 1. The van der Waals surface area contributed by atoms with Crippen molar-refractivity contribution in [3.8, 4) is 0 Å². The van der Waals surface area contributed by atoms with Crippen LogP contribution in [0.5, 0.6) is 0 Å². The highest BCUT2D eigenvalue weighted by Gasteiger charge is 2.16. The topological polar surface area (TPSA) is 15.3 Å². The molecule has 0 aromatic heterocycles. The Morgan fingerprint density at radius 2 is 1.89 bits per heavy atom. The Morgan fingerprint density at radius 1 is 1.21 bits per heavy atom. The lowest BCUT2D eigenvalue weighted by Gasteiger charge is -2.31. The van der Waals surface area contributed by atoms with Crippen molar-refractivity contribution in [1.29, 1.82) is 0 Å². The van der Waals surface area contributed by atoms with Gasteiger partial charge >= 0.3 is 0 Å². The van der Waals surface area contributed by atoms with E-state index in [1.807, 2.05) is 19.1 Å². The van der Waals surface area contributed by atoms with E-state index in [4.69, 9.17) is 0 Å². The number of benzene rings is 1. The van der Waals surface area contributed by atoms with Gasteiger partial charge < -0.3 is 10.2 Å². The minimum absolute atomic E-state index is 0.121. The molecule has 0 amide bonds. The van der Waals surface area contributed by atoms with Gasteiger partial charge in [-0.2, -0.15) is 0 Å². The minimum atomic E-state index is -0.121. The molecule has 0 saturated carbocycles. The summed E-state index contributed by atoms with van der Waals surface area (Å²) in [5, 5.41) is 3.22. The highest BCUT2D eigenvalue weighted by Crippen LogP contribution is 2.23. The second-order valence-electron chi connectivity index (χ2n) is 5.71. The SMILES string of the molecule is CCNCc1ccc(N(CC(C)C)C(C)C)c(F)c1. The highest BCUT2D eigenvalue weighted by atomic mass is 19.1. The first-order valence-corrected chi connectivity index (χ1v) is 7.21. The van der Waals surface area contributed by atoms with Crippen molar-refractivity contribution >= 4 is 5.69 Å². The summed E-state index contributed by atoms with van der Waals surface area (Å²) in [6.07, 6.45) is 0. The molecule has 1 N–H and O–H groups in total. The van der Waals surface area contributed by atoms with Crippen LogP contribution in [0.1, 0.15) is 40.2 Å². The van der Waals surface area contributed by atoms with E-state index in [2.05, 4.69) is 37.9 Å². The van der Waals surface area contributed by atoms with Crippen molar-refractivity contribution in [1.82, 2.24) is 5.32 Å². The molecule has 0 saturated heterocycles. The van der Waals surface area contributed by atoms with Crippen LogP contribution in [0.15, 0.2) is 18.2 Å². The largest absolute Gasteiger partial charge is 0.366 e. The average molecular weight is 266 g/mol. The minimum Gasteiger partial charge on any atom is -0.366 e. The van der Waals surface area contributed by atoms with Gasteiger partial charge in [0, 0.05) is 19.1 Å². The van der Waals surface area contributed by atoms with E-state index in [0.717, 1.165) is 25.2 Å². The average Bonchev–Trinajstić information content (AvgIpc) is 2.33. The second-order valence-corrected chi connectivity index (χ2v) is 5.71. The number of halogens is 1. The van der Waals surface area contributed by atoms with Gasteiger partial charge in [0.2, 0.25) is 0 Å². The van der Waals surface area contributed by atoms with Gasteiger partial charge in [-0.05, 0) is 44.0 Å². The van der Waals surface area contributed by atoms with Crippen LogP contribution in [0.4, 0.5) is 10.1 Å². The van der Waals surface area contributed by atoms with Crippen molar-refractivity contribution in [2.24, 2.45) is 5.92 Å². The molecule has 1 aromatic rings. The molecule has 0 unspecified atom stereocenters. The molecule has 1 rings (SSSR count). The maximum atomic E-state index is 14.3. The molecule has 0 atom stereocenters. The lowest BCUT2D eigenvalue weighted by Crippen LogP contribution is -2.34. The molecule has 2 nitrogen and oxygen atoms in total. The molecule has 1 aromatic carbocycles. The maximum absolute atomic E-state index is 14.3. The van der Waals surface area contributed by atoms with Gasteiger partial charge in [0.05, 0.1) is 5.69 Å². The molecule has 3 heteroatoms. The summed E-state index contributed by atoms with van der Waals surface area (Å²) in [6.45, 7) is 13.1. The lowest BCUT2D eigenvalue weighted by molar-refractivity contribution is 0.548. The van der Waals surface area contributed by atoms with Gasteiger partial charge in [-0.3, -0.25) is 0 Å². The lowest BCUT2D eigenvalue weighted by atomic mass is 10.1. The molecular weight excluding hydrogens is 239 g/mol. The quantitative estimate of drug-likeness (QED) is 0.807. The van der Waals surface area contributed by atoms with Gasteiger partial charge in [-0.15, -0.1) is 0 Å².